The van der Waals surface area contributed by atoms with Gasteiger partial charge in [0.25, 0.3) is 0 Å². The summed E-state index contributed by atoms with van der Waals surface area (Å²) in [5, 5.41) is 9.99. The summed E-state index contributed by atoms with van der Waals surface area (Å²) >= 11 is 12.1. The molecular formula is C16H11Cl2N3. The summed E-state index contributed by atoms with van der Waals surface area (Å²) < 4.78 is 1.88. The second kappa shape index (κ2) is 5.77. The van der Waals surface area contributed by atoms with Crippen LogP contribution in [0.2, 0.25) is 10.0 Å². The maximum absolute atomic E-state index is 9.05. The van der Waals surface area contributed by atoms with Crippen LogP contribution in [0.25, 0.3) is 11.0 Å². The van der Waals surface area contributed by atoms with Gasteiger partial charge in [-0.25, -0.2) is 4.98 Å². The lowest BCUT2D eigenvalue weighted by molar-refractivity contribution is 0.787. The van der Waals surface area contributed by atoms with Crippen molar-refractivity contribution in [1.82, 2.24) is 9.55 Å². The van der Waals surface area contributed by atoms with Gasteiger partial charge in [0, 0.05) is 6.42 Å². The van der Waals surface area contributed by atoms with Gasteiger partial charge in [-0.15, -0.1) is 0 Å². The monoisotopic (exact) mass is 315 g/mol. The van der Waals surface area contributed by atoms with Crippen molar-refractivity contribution in [2.75, 3.05) is 0 Å². The number of benzene rings is 2. The van der Waals surface area contributed by atoms with Gasteiger partial charge in [-0.1, -0.05) is 53.5 Å². The molecule has 0 saturated heterocycles. The summed E-state index contributed by atoms with van der Waals surface area (Å²) in [4.78, 5) is 4.60. The van der Waals surface area contributed by atoms with E-state index < -0.39 is 0 Å². The Morgan fingerprint density at radius 1 is 1.10 bits per heavy atom. The molecular weight excluding hydrogens is 305 g/mol. The Kier molecular flexibility index (Phi) is 3.83. The Balaban J connectivity index is 2.13. The molecule has 1 aromatic heterocycles. The first-order chi connectivity index (χ1) is 10.2. The lowest BCUT2D eigenvalue weighted by Gasteiger charge is -2.05. The number of nitrogens with zero attached hydrogens (tertiary/aromatic N) is 3. The van der Waals surface area contributed by atoms with Crippen LogP contribution in [0, 0.1) is 11.3 Å². The number of fused-ring (bicyclic) bond motifs is 1. The fourth-order valence-corrected chi connectivity index (χ4v) is 2.65. The van der Waals surface area contributed by atoms with Crippen molar-refractivity contribution in [1.29, 1.82) is 5.26 Å². The maximum atomic E-state index is 9.05. The topological polar surface area (TPSA) is 41.6 Å². The van der Waals surface area contributed by atoms with Crippen LogP contribution in [0.15, 0.2) is 42.5 Å². The van der Waals surface area contributed by atoms with Crippen molar-refractivity contribution in [3.05, 3.63) is 63.9 Å². The summed E-state index contributed by atoms with van der Waals surface area (Å²) in [7, 11) is 0. The molecule has 0 saturated carbocycles. The van der Waals surface area contributed by atoms with Crippen LogP contribution in [-0.2, 0) is 13.0 Å². The predicted octanol–water partition coefficient (Wildman–Crippen LogP) is 4.46. The molecule has 0 aliphatic rings. The Hall–Kier alpha value is -2.02. The summed E-state index contributed by atoms with van der Waals surface area (Å²) in [6.07, 6.45) is 0.659. The summed E-state index contributed by atoms with van der Waals surface area (Å²) in [6, 6.07) is 15.7. The molecule has 0 N–H and O–H groups in total. The summed E-state index contributed by atoms with van der Waals surface area (Å²) in [6.45, 7) is 0.233. The largest absolute Gasteiger partial charge is 0.314 e. The Morgan fingerprint density at radius 3 is 2.52 bits per heavy atom. The van der Waals surface area contributed by atoms with E-state index in [1.807, 2.05) is 34.9 Å². The molecule has 21 heavy (non-hydrogen) atoms. The first kappa shape index (κ1) is 13.9. The van der Waals surface area contributed by atoms with Crippen molar-refractivity contribution in [2.24, 2.45) is 0 Å². The SMILES string of the molecule is N#CCn1c(Cc2ccccc2)nc2cc(Cl)c(Cl)cc21. The van der Waals surface area contributed by atoms with Gasteiger partial charge in [0.15, 0.2) is 0 Å². The number of nitriles is 1. The lowest BCUT2D eigenvalue weighted by Crippen LogP contribution is -2.03. The molecule has 104 valence electrons. The molecule has 0 bridgehead atoms. The molecule has 0 fully saturated rings. The van der Waals surface area contributed by atoms with E-state index in [2.05, 4.69) is 11.1 Å². The average molecular weight is 316 g/mol. The fraction of sp³-hybridized carbons (Fsp3) is 0.125. The van der Waals surface area contributed by atoms with Crippen molar-refractivity contribution in [3.8, 4) is 6.07 Å². The second-order valence-corrected chi connectivity index (χ2v) is 5.50. The van der Waals surface area contributed by atoms with Crippen LogP contribution in [0.3, 0.4) is 0 Å². The third-order valence-corrected chi connectivity index (χ3v) is 4.03. The minimum atomic E-state index is 0.233. The van der Waals surface area contributed by atoms with Crippen molar-refractivity contribution in [3.63, 3.8) is 0 Å². The van der Waals surface area contributed by atoms with Crippen LogP contribution in [-0.4, -0.2) is 9.55 Å². The molecule has 0 aliphatic heterocycles. The Labute approximate surface area is 132 Å². The normalized spacial score (nSPS) is 10.7. The molecule has 0 atom stereocenters. The number of aromatic nitrogens is 2. The number of imidazole rings is 1. The van der Waals surface area contributed by atoms with Gasteiger partial charge >= 0.3 is 0 Å². The molecule has 0 spiro atoms. The van der Waals surface area contributed by atoms with Crippen molar-refractivity contribution >= 4 is 34.2 Å². The highest BCUT2D eigenvalue weighted by molar-refractivity contribution is 6.42. The third kappa shape index (κ3) is 2.73. The summed E-state index contributed by atoms with van der Waals surface area (Å²) in [5.41, 5.74) is 2.73. The van der Waals surface area contributed by atoms with Crippen LogP contribution >= 0.6 is 23.2 Å². The predicted molar refractivity (Wildman–Crippen MR) is 84.6 cm³/mol. The van der Waals surface area contributed by atoms with Gasteiger partial charge in [-0.05, 0) is 17.7 Å². The zero-order chi connectivity index (χ0) is 14.8. The molecule has 0 amide bonds. The second-order valence-electron chi connectivity index (χ2n) is 4.69. The minimum Gasteiger partial charge on any atom is -0.314 e. The van der Waals surface area contributed by atoms with Gasteiger partial charge in [0.1, 0.15) is 12.4 Å². The van der Waals surface area contributed by atoms with Crippen molar-refractivity contribution in [2.45, 2.75) is 13.0 Å². The van der Waals surface area contributed by atoms with Gasteiger partial charge in [-0.2, -0.15) is 5.26 Å². The smallest absolute Gasteiger partial charge is 0.115 e. The molecule has 1 heterocycles. The Morgan fingerprint density at radius 2 is 1.81 bits per heavy atom. The van der Waals surface area contributed by atoms with E-state index >= 15 is 0 Å². The molecule has 0 radical (unpaired) electrons. The highest BCUT2D eigenvalue weighted by Gasteiger charge is 2.13. The standard InChI is InChI=1S/C16H11Cl2N3/c17-12-9-14-15(10-13(12)18)21(7-6-19)16(20-14)8-11-4-2-1-3-5-11/h1-5,9-10H,7-8H2. The molecule has 0 unspecified atom stereocenters. The van der Waals surface area contributed by atoms with E-state index in [1.165, 1.54) is 0 Å². The first-order valence-corrected chi connectivity index (χ1v) is 7.19. The van der Waals surface area contributed by atoms with Crippen LogP contribution in [0.5, 0.6) is 0 Å². The van der Waals surface area contributed by atoms with Gasteiger partial charge in [0.2, 0.25) is 0 Å². The minimum absolute atomic E-state index is 0.233. The number of rotatable bonds is 3. The van der Waals surface area contributed by atoms with Crippen LogP contribution in [0.1, 0.15) is 11.4 Å². The van der Waals surface area contributed by atoms with Crippen molar-refractivity contribution < 1.29 is 0 Å². The van der Waals surface area contributed by atoms with E-state index in [-0.39, 0.29) is 6.54 Å². The number of halogens is 2. The maximum Gasteiger partial charge on any atom is 0.115 e. The summed E-state index contributed by atoms with van der Waals surface area (Å²) in [5.74, 6) is 0.830. The Bertz CT molecular complexity index is 832. The quantitative estimate of drug-likeness (QED) is 0.716. The van der Waals surface area contributed by atoms with E-state index in [0.717, 1.165) is 22.4 Å². The van der Waals surface area contributed by atoms with E-state index in [0.29, 0.717) is 16.5 Å². The lowest BCUT2D eigenvalue weighted by atomic mass is 10.1. The highest BCUT2D eigenvalue weighted by atomic mass is 35.5. The van der Waals surface area contributed by atoms with Crippen LogP contribution in [0.4, 0.5) is 0 Å². The van der Waals surface area contributed by atoms with E-state index in [1.54, 1.807) is 12.1 Å². The first-order valence-electron chi connectivity index (χ1n) is 6.44. The highest BCUT2D eigenvalue weighted by Crippen LogP contribution is 2.28. The molecule has 2 aromatic carbocycles. The van der Waals surface area contributed by atoms with Gasteiger partial charge in [0.05, 0.1) is 27.1 Å². The zero-order valence-electron chi connectivity index (χ0n) is 11.1. The van der Waals surface area contributed by atoms with Gasteiger partial charge < -0.3 is 4.57 Å². The molecule has 3 rings (SSSR count). The average Bonchev–Trinajstić information content (AvgIpc) is 2.79. The molecule has 0 aliphatic carbocycles. The molecule has 3 nitrogen and oxygen atoms in total. The number of hydrogen-bond donors (Lipinski definition) is 0. The number of hydrogen-bond acceptors (Lipinski definition) is 2. The third-order valence-electron chi connectivity index (χ3n) is 3.30. The molecule has 5 heteroatoms. The zero-order valence-corrected chi connectivity index (χ0v) is 12.6. The van der Waals surface area contributed by atoms with E-state index in [4.69, 9.17) is 28.5 Å². The van der Waals surface area contributed by atoms with Gasteiger partial charge in [-0.3, -0.25) is 0 Å². The molecule has 3 aromatic rings. The van der Waals surface area contributed by atoms with Crippen LogP contribution < -0.4 is 0 Å². The fourth-order valence-electron chi connectivity index (χ4n) is 2.33. The van der Waals surface area contributed by atoms with E-state index in [9.17, 15) is 0 Å².